The highest BCUT2D eigenvalue weighted by Crippen LogP contribution is 2.19. The zero-order chi connectivity index (χ0) is 14.2. The third-order valence-corrected chi connectivity index (χ3v) is 3.56. The molecule has 0 saturated heterocycles. The van der Waals surface area contributed by atoms with Gasteiger partial charge in [-0.1, -0.05) is 37.3 Å². The smallest absolute Gasteiger partial charge is 0.344 e. The zero-order valence-corrected chi connectivity index (χ0v) is 12.0. The van der Waals surface area contributed by atoms with E-state index in [4.69, 9.17) is 9.47 Å². The Morgan fingerprint density at radius 3 is 2.90 bits per heavy atom. The van der Waals surface area contributed by atoms with E-state index in [1.807, 2.05) is 24.3 Å². The van der Waals surface area contributed by atoms with E-state index in [1.165, 1.54) is 0 Å². The normalized spacial score (nSPS) is 17.8. The van der Waals surface area contributed by atoms with Crippen molar-refractivity contribution >= 4 is 5.97 Å². The SMILES string of the molecule is CCc1ccccc1OCC(=O)OCC1CC=CCC1. The second-order valence-electron chi connectivity index (χ2n) is 5.08. The number of hydrogen-bond donors (Lipinski definition) is 0. The van der Waals surface area contributed by atoms with Crippen LogP contribution in [0, 0.1) is 5.92 Å². The van der Waals surface area contributed by atoms with Crippen molar-refractivity contribution in [3.05, 3.63) is 42.0 Å². The molecule has 2 rings (SSSR count). The van der Waals surface area contributed by atoms with Gasteiger partial charge in [-0.3, -0.25) is 0 Å². The largest absolute Gasteiger partial charge is 0.482 e. The van der Waals surface area contributed by atoms with Gasteiger partial charge in [-0.05, 0) is 43.2 Å². The number of rotatable bonds is 6. The van der Waals surface area contributed by atoms with Crippen molar-refractivity contribution in [1.29, 1.82) is 0 Å². The maximum absolute atomic E-state index is 11.7. The van der Waals surface area contributed by atoms with Gasteiger partial charge in [0, 0.05) is 0 Å². The maximum atomic E-state index is 11.7. The first-order chi connectivity index (χ1) is 9.79. The molecule has 0 bridgehead atoms. The summed E-state index contributed by atoms with van der Waals surface area (Å²) in [4.78, 5) is 11.7. The maximum Gasteiger partial charge on any atom is 0.344 e. The van der Waals surface area contributed by atoms with E-state index in [0.29, 0.717) is 12.5 Å². The summed E-state index contributed by atoms with van der Waals surface area (Å²) in [5.74, 6) is 0.949. The fourth-order valence-corrected chi connectivity index (χ4v) is 2.33. The molecule has 20 heavy (non-hydrogen) atoms. The highest BCUT2D eigenvalue weighted by atomic mass is 16.6. The predicted octanol–water partition coefficient (Wildman–Crippen LogP) is 3.53. The van der Waals surface area contributed by atoms with Crippen LogP contribution in [0.1, 0.15) is 31.7 Å². The molecule has 0 amide bonds. The molecule has 108 valence electrons. The number of hydrogen-bond acceptors (Lipinski definition) is 3. The van der Waals surface area contributed by atoms with Gasteiger partial charge in [0.1, 0.15) is 5.75 Å². The third kappa shape index (κ3) is 4.41. The molecule has 1 aliphatic rings. The van der Waals surface area contributed by atoms with Crippen LogP contribution in [0.2, 0.25) is 0 Å². The van der Waals surface area contributed by atoms with Crippen LogP contribution in [0.5, 0.6) is 5.75 Å². The van der Waals surface area contributed by atoms with Gasteiger partial charge in [0.25, 0.3) is 0 Å². The van der Waals surface area contributed by atoms with Gasteiger partial charge < -0.3 is 9.47 Å². The van der Waals surface area contributed by atoms with Gasteiger partial charge >= 0.3 is 5.97 Å². The molecule has 0 spiro atoms. The van der Waals surface area contributed by atoms with E-state index in [-0.39, 0.29) is 12.6 Å². The zero-order valence-electron chi connectivity index (χ0n) is 12.0. The second-order valence-corrected chi connectivity index (χ2v) is 5.08. The Kier molecular flexibility index (Phi) is 5.66. The van der Waals surface area contributed by atoms with Crippen LogP contribution in [-0.2, 0) is 16.0 Å². The average Bonchev–Trinajstić information content (AvgIpc) is 2.52. The second kappa shape index (κ2) is 7.73. The summed E-state index contributed by atoms with van der Waals surface area (Å²) in [6.45, 7) is 2.55. The van der Waals surface area contributed by atoms with Crippen molar-refractivity contribution < 1.29 is 14.3 Å². The Morgan fingerprint density at radius 2 is 2.15 bits per heavy atom. The summed E-state index contributed by atoms with van der Waals surface area (Å²) in [6.07, 6.45) is 8.43. The number of allylic oxidation sites excluding steroid dienone is 2. The Labute approximate surface area is 120 Å². The summed E-state index contributed by atoms with van der Waals surface area (Å²) in [5, 5.41) is 0. The monoisotopic (exact) mass is 274 g/mol. The molecule has 1 unspecified atom stereocenters. The van der Waals surface area contributed by atoms with E-state index >= 15 is 0 Å². The first-order valence-electron chi connectivity index (χ1n) is 7.31. The summed E-state index contributed by atoms with van der Waals surface area (Å²) in [7, 11) is 0. The Balaban J connectivity index is 1.73. The standard InChI is InChI=1S/C17H22O3/c1-2-15-10-6-7-11-16(15)19-13-17(18)20-12-14-8-4-3-5-9-14/h3-4,6-7,10-11,14H,2,5,8-9,12-13H2,1H3. The van der Waals surface area contributed by atoms with Crippen LogP contribution in [0.15, 0.2) is 36.4 Å². The first kappa shape index (κ1) is 14.6. The van der Waals surface area contributed by atoms with Crippen LogP contribution < -0.4 is 4.74 Å². The lowest BCUT2D eigenvalue weighted by atomic mass is 9.95. The van der Waals surface area contributed by atoms with Crippen LogP contribution >= 0.6 is 0 Å². The van der Waals surface area contributed by atoms with Gasteiger partial charge in [0.2, 0.25) is 0 Å². The highest BCUT2D eigenvalue weighted by Gasteiger charge is 2.13. The molecule has 3 nitrogen and oxygen atoms in total. The fraction of sp³-hybridized carbons (Fsp3) is 0.471. The number of benzene rings is 1. The van der Waals surface area contributed by atoms with Crippen LogP contribution in [0.4, 0.5) is 0 Å². The summed E-state index contributed by atoms with van der Waals surface area (Å²) in [6, 6.07) is 7.78. The number of esters is 1. The average molecular weight is 274 g/mol. The van der Waals surface area contributed by atoms with Crippen molar-refractivity contribution in [2.75, 3.05) is 13.2 Å². The van der Waals surface area contributed by atoms with E-state index in [1.54, 1.807) is 0 Å². The number of carbonyl (C=O) groups is 1. The minimum atomic E-state index is -0.287. The van der Waals surface area contributed by atoms with Gasteiger partial charge in [0.15, 0.2) is 6.61 Å². The molecule has 0 N–H and O–H groups in total. The summed E-state index contributed by atoms with van der Waals surface area (Å²) >= 11 is 0. The molecule has 1 aromatic carbocycles. The molecule has 0 heterocycles. The lowest BCUT2D eigenvalue weighted by Crippen LogP contribution is -2.20. The first-order valence-corrected chi connectivity index (χ1v) is 7.31. The van der Waals surface area contributed by atoms with Crippen molar-refractivity contribution in [3.8, 4) is 5.75 Å². The lowest BCUT2D eigenvalue weighted by molar-refractivity contribution is -0.147. The van der Waals surface area contributed by atoms with E-state index < -0.39 is 0 Å². The number of carbonyl (C=O) groups excluding carboxylic acids is 1. The van der Waals surface area contributed by atoms with Crippen LogP contribution in [-0.4, -0.2) is 19.2 Å². The summed E-state index contributed by atoms with van der Waals surface area (Å²) < 4.78 is 10.8. The predicted molar refractivity (Wildman–Crippen MR) is 78.8 cm³/mol. The number of ether oxygens (including phenoxy) is 2. The van der Waals surface area contributed by atoms with E-state index in [9.17, 15) is 4.79 Å². The minimum absolute atomic E-state index is 0.0143. The van der Waals surface area contributed by atoms with Crippen molar-refractivity contribution in [2.45, 2.75) is 32.6 Å². The Hall–Kier alpha value is -1.77. The molecule has 0 saturated carbocycles. The quantitative estimate of drug-likeness (QED) is 0.588. The van der Waals surface area contributed by atoms with Crippen molar-refractivity contribution in [3.63, 3.8) is 0 Å². The third-order valence-electron chi connectivity index (χ3n) is 3.56. The van der Waals surface area contributed by atoms with Gasteiger partial charge in [-0.2, -0.15) is 0 Å². The molecule has 1 atom stereocenters. The molecular weight excluding hydrogens is 252 g/mol. The lowest BCUT2D eigenvalue weighted by Gasteiger charge is -2.17. The van der Waals surface area contributed by atoms with Gasteiger partial charge in [-0.25, -0.2) is 4.79 Å². The fourth-order valence-electron chi connectivity index (χ4n) is 2.33. The number of para-hydroxylation sites is 1. The molecule has 0 aromatic heterocycles. The summed E-state index contributed by atoms with van der Waals surface area (Å²) in [5.41, 5.74) is 1.11. The molecule has 3 heteroatoms. The van der Waals surface area contributed by atoms with E-state index in [2.05, 4.69) is 19.1 Å². The molecule has 1 aliphatic carbocycles. The van der Waals surface area contributed by atoms with Gasteiger partial charge in [0.05, 0.1) is 6.61 Å². The molecule has 0 fully saturated rings. The Bertz CT molecular complexity index is 465. The molecule has 0 aliphatic heterocycles. The minimum Gasteiger partial charge on any atom is -0.482 e. The topological polar surface area (TPSA) is 35.5 Å². The molecular formula is C17H22O3. The number of aryl methyl sites for hydroxylation is 1. The van der Waals surface area contributed by atoms with E-state index in [0.717, 1.165) is 37.0 Å². The molecule has 1 aromatic rings. The Morgan fingerprint density at radius 1 is 1.30 bits per heavy atom. The van der Waals surface area contributed by atoms with Crippen LogP contribution in [0.25, 0.3) is 0 Å². The van der Waals surface area contributed by atoms with Crippen molar-refractivity contribution in [2.24, 2.45) is 5.92 Å². The van der Waals surface area contributed by atoms with Crippen LogP contribution in [0.3, 0.4) is 0 Å². The highest BCUT2D eigenvalue weighted by molar-refractivity contribution is 5.71. The van der Waals surface area contributed by atoms with Crippen molar-refractivity contribution in [1.82, 2.24) is 0 Å². The molecule has 0 radical (unpaired) electrons. The van der Waals surface area contributed by atoms with Gasteiger partial charge in [-0.15, -0.1) is 0 Å².